The van der Waals surface area contributed by atoms with Crippen molar-refractivity contribution in [2.45, 2.75) is 220 Å². The molecule has 0 spiro atoms. The summed E-state index contributed by atoms with van der Waals surface area (Å²) in [6.45, 7) is 8.82. The van der Waals surface area contributed by atoms with Gasteiger partial charge in [-0.15, -0.1) is 0 Å². The third-order valence-corrected chi connectivity index (χ3v) is 10.7. The Bertz CT molecular complexity index is 1180. The Balaban J connectivity index is 0.0000151. The van der Waals surface area contributed by atoms with Crippen molar-refractivity contribution < 1.29 is 47.5 Å². The van der Waals surface area contributed by atoms with E-state index in [0.29, 0.717) is 31.1 Å². The molecule has 0 saturated carbocycles. The standard InChI is InChI=1S/C48H82N2O4.HI/c1-5-8-10-12-14-16-18-20-21-22-24-26-28-30-35-46(48(51)49-42-43-34-31-32-39-50(43)38-7-3)54-44-36-37-45(47(41-44)52-4)53-40-33-29-27-25-23-19-17-15-13-11-9-6-2;/h31-32,34,36-37,39,41,46H,5-30,33,35,38,40,42H2,1-4H3;1H. The van der Waals surface area contributed by atoms with Crippen LogP contribution >= 0.6 is 0 Å². The molecule has 1 atom stereocenters. The minimum Gasteiger partial charge on any atom is -1.00 e. The predicted octanol–water partition coefficient (Wildman–Crippen LogP) is 10.4. The van der Waals surface area contributed by atoms with E-state index in [9.17, 15) is 4.79 Å². The summed E-state index contributed by atoms with van der Waals surface area (Å²) in [6, 6.07) is 11.9. The minimum atomic E-state index is -0.566. The summed E-state index contributed by atoms with van der Waals surface area (Å²) < 4.78 is 20.5. The number of methoxy groups -OCH3 is 1. The number of hydrogen-bond donors (Lipinski definition) is 1. The van der Waals surface area contributed by atoms with Crippen molar-refractivity contribution in [3.63, 3.8) is 0 Å². The monoisotopic (exact) mass is 879 g/mol. The van der Waals surface area contributed by atoms with E-state index in [2.05, 4.69) is 42.9 Å². The fourth-order valence-corrected chi connectivity index (χ4v) is 7.32. The molecule has 6 nitrogen and oxygen atoms in total. The Labute approximate surface area is 356 Å². The summed E-state index contributed by atoms with van der Waals surface area (Å²) in [5, 5.41) is 3.18. The fourth-order valence-electron chi connectivity index (χ4n) is 7.32. The van der Waals surface area contributed by atoms with Crippen LogP contribution in [0.15, 0.2) is 42.6 Å². The highest BCUT2D eigenvalue weighted by atomic mass is 127. The first-order valence-corrected chi connectivity index (χ1v) is 22.8. The lowest BCUT2D eigenvalue weighted by Crippen LogP contribution is -3.00. The molecule has 55 heavy (non-hydrogen) atoms. The van der Waals surface area contributed by atoms with Crippen LogP contribution in [-0.4, -0.2) is 25.7 Å². The van der Waals surface area contributed by atoms with Crippen LogP contribution in [0.4, 0.5) is 0 Å². The molecule has 1 aromatic heterocycles. The molecule has 1 N–H and O–H groups in total. The van der Waals surface area contributed by atoms with Gasteiger partial charge in [-0.3, -0.25) is 4.79 Å². The van der Waals surface area contributed by atoms with Gasteiger partial charge in [0.05, 0.1) is 13.7 Å². The number of carbonyl (C=O) groups is 1. The van der Waals surface area contributed by atoms with Crippen LogP contribution in [0.2, 0.25) is 0 Å². The number of carbonyl (C=O) groups excluding carboxylic acids is 1. The number of benzene rings is 1. The van der Waals surface area contributed by atoms with Crippen molar-refractivity contribution in [2.75, 3.05) is 13.7 Å². The van der Waals surface area contributed by atoms with Crippen molar-refractivity contribution in [1.82, 2.24) is 5.32 Å². The number of unbranched alkanes of at least 4 members (excludes halogenated alkanes) is 24. The molecule has 1 amide bonds. The summed E-state index contributed by atoms with van der Waals surface area (Å²) in [6.07, 6.45) is 37.5. The molecule has 2 rings (SSSR count). The number of amides is 1. The number of halogens is 1. The van der Waals surface area contributed by atoms with Gasteiger partial charge in [-0.05, 0) is 31.4 Å². The molecule has 316 valence electrons. The van der Waals surface area contributed by atoms with Crippen LogP contribution < -0.4 is 48.1 Å². The quantitative estimate of drug-likeness (QED) is 0.0417. The first kappa shape index (κ1) is 51.0. The van der Waals surface area contributed by atoms with E-state index in [1.54, 1.807) is 7.11 Å². The third-order valence-electron chi connectivity index (χ3n) is 10.7. The van der Waals surface area contributed by atoms with Gasteiger partial charge in [-0.1, -0.05) is 181 Å². The molecule has 1 aromatic carbocycles. The number of ether oxygens (including phenoxy) is 3. The minimum absolute atomic E-state index is 0. The molecule has 1 unspecified atom stereocenters. The molecule has 2 aromatic rings. The van der Waals surface area contributed by atoms with Gasteiger partial charge in [0.15, 0.2) is 23.8 Å². The normalized spacial score (nSPS) is 11.6. The summed E-state index contributed by atoms with van der Waals surface area (Å²) in [4.78, 5) is 13.6. The SMILES string of the molecule is CCCCCCCCCCCCCCCCC(Oc1ccc(OCCCCCCCCCCCCCC)c(OC)c1)C(=O)NCc1cccc[n+]1CCC.[I-]. The largest absolute Gasteiger partial charge is 1.00 e. The molecule has 1 heterocycles. The smallest absolute Gasteiger partial charge is 0.261 e. The molecule has 7 heteroatoms. The van der Waals surface area contributed by atoms with Crippen molar-refractivity contribution in [1.29, 1.82) is 0 Å². The predicted molar refractivity (Wildman–Crippen MR) is 228 cm³/mol. The zero-order valence-electron chi connectivity index (χ0n) is 36.0. The van der Waals surface area contributed by atoms with E-state index >= 15 is 0 Å². The maximum absolute atomic E-state index is 13.6. The topological polar surface area (TPSA) is 60.7 Å². The number of aromatic nitrogens is 1. The van der Waals surface area contributed by atoms with Gasteiger partial charge in [0, 0.05) is 24.6 Å². The average molecular weight is 879 g/mol. The van der Waals surface area contributed by atoms with Gasteiger partial charge in [0.1, 0.15) is 18.8 Å². The third kappa shape index (κ3) is 25.8. The van der Waals surface area contributed by atoms with Crippen LogP contribution in [-0.2, 0) is 17.9 Å². The lowest BCUT2D eigenvalue weighted by molar-refractivity contribution is -0.704. The zero-order valence-corrected chi connectivity index (χ0v) is 38.2. The first-order chi connectivity index (χ1) is 26.6. The van der Waals surface area contributed by atoms with E-state index in [-0.39, 0.29) is 29.9 Å². The lowest BCUT2D eigenvalue weighted by atomic mass is 10.0. The van der Waals surface area contributed by atoms with Crippen molar-refractivity contribution in [3.8, 4) is 17.2 Å². The number of rotatable bonds is 37. The van der Waals surface area contributed by atoms with E-state index in [1.165, 1.54) is 148 Å². The molecule has 0 bridgehead atoms. The number of nitrogens with one attached hydrogen (secondary N) is 1. The van der Waals surface area contributed by atoms with Crippen molar-refractivity contribution in [3.05, 3.63) is 48.3 Å². The Kier molecular flexibility index (Phi) is 33.7. The maximum atomic E-state index is 13.6. The van der Waals surface area contributed by atoms with Gasteiger partial charge in [0.2, 0.25) is 5.69 Å². The summed E-state index contributed by atoms with van der Waals surface area (Å²) in [5.41, 5.74) is 1.10. The molecule has 0 fully saturated rings. The van der Waals surface area contributed by atoms with Crippen LogP contribution in [0.3, 0.4) is 0 Å². The highest BCUT2D eigenvalue weighted by Crippen LogP contribution is 2.32. The molecule has 0 aliphatic carbocycles. The van der Waals surface area contributed by atoms with Crippen LogP contribution in [0, 0.1) is 0 Å². The van der Waals surface area contributed by atoms with Gasteiger partial charge >= 0.3 is 0 Å². The summed E-state index contributed by atoms with van der Waals surface area (Å²) >= 11 is 0. The zero-order chi connectivity index (χ0) is 38.7. The van der Waals surface area contributed by atoms with Crippen LogP contribution in [0.1, 0.15) is 206 Å². The van der Waals surface area contributed by atoms with Gasteiger partial charge < -0.3 is 43.5 Å². The number of hydrogen-bond acceptors (Lipinski definition) is 4. The van der Waals surface area contributed by atoms with Crippen molar-refractivity contribution in [2.24, 2.45) is 0 Å². The van der Waals surface area contributed by atoms with Crippen molar-refractivity contribution >= 4 is 5.91 Å². The second kappa shape index (κ2) is 36.3. The Morgan fingerprint density at radius 3 is 1.64 bits per heavy atom. The Morgan fingerprint density at radius 2 is 1.13 bits per heavy atom. The second-order valence-electron chi connectivity index (χ2n) is 15.6. The Morgan fingerprint density at radius 1 is 0.618 bits per heavy atom. The van der Waals surface area contributed by atoms with E-state index < -0.39 is 6.10 Å². The molecule has 0 aliphatic rings. The highest BCUT2D eigenvalue weighted by Gasteiger charge is 2.22. The highest BCUT2D eigenvalue weighted by molar-refractivity contribution is 5.81. The van der Waals surface area contributed by atoms with Crippen LogP contribution in [0.5, 0.6) is 17.2 Å². The van der Waals surface area contributed by atoms with Gasteiger partial charge in [-0.25, -0.2) is 4.57 Å². The fraction of sp³-hybridized carbons (Fsp3) is 0.750. The van der Waals surface area contributed by atoms with E-state index in [1.807, 2.05) is 30.3 Å². The van der Waals surface area contributed by atoms with Crippen LogP contribution in [0.25, 0.3) is 0 Å². The molecular weight excluding hydrogens is 795 g/mol. The summed E-state index contributed by atoms with van der Waals surface area (Å²) in [7, 11) is 1.67. The molecule has 0 aliphatic heterocycles. The first-order valence-electron chi connectivity index (χ1n) is 22.8. The lowest BCUT2D eigenvalue weighted by Gasteiger charge is -2.20. The molecule has 0 saturated heterocycles. The number of nitrogens with zero attached hydrogens (tertiary/aromatic N) is 1. The molecule has 0 radical (unpaired) electrons. The summed E-state index contributed by atoms with van der Waals surface area (Å²) in [5.74, 6) is 1.94. The Hall–Kier alpha value is -2.03. The van der Waals surface area contributed by atoms with E-state index in [4.69, 9.17) is 14.2 Å². The number of aryl methyl sites for hydroxylation is 1. The average Bonchev–Trinajstić information content (AvgIpc) is 3.19. The second-order valence-corrected chi connectivity index (χ2v) is 15.6. The van der Waals surface area contributed by atoms with Gasteiger partial charge in [0.25, 0.3) is 5.91 Å². The number of pyridine rings is 1. The van der Waals surface area contributed by atoms with E-state index in [0.717, 1.165) is 43.7 Å². The maximum Gasteiger partial charge on any atom is 0.261 e. The molecular formula is C48H83IN2O4. The van der Waals surface area contributed by atoms with Gasteiger partial charge in [-0.2, -0.15) is 0 Å².